The van der Waals surface area contributed by atoms with Crippen LogP contribution in [-0.2, 0) is 0 Å². The summed E-state index contributed by atoms with van der Waals surface area (Å²) < 4.78 is 5.70. The first-order valence-electron chi connectivity index (χ1n) is 8.71. The van der Waals surface area contributed by atoms with Crippen molar-refractivity contribution in [1.82, 2.24) is 10.6 Å². The first kappa shape index (κ1) is 18.8. The molecule has 2 N–H and O–H groups in total. The molecule has 1 unspecified atom stereocenters. The Bertz CT molecular complexity index is 815. The van der Waals surface area contributed by atoms with Gasteiger partial charge >= 0.3 is 6.03 Å². The van der Waals surface area contributed by atoms with Crippen LogP contribution in [-0.4, -0.2) is 12.3 Å². The lowest BCUT2D eigenvalue weighted by atomic mass is 9.99. The van der Waals surface area contributed by atoms with E-state index in [0.717, 1.165) is 11.1 Å². The average molecular weight is 381 g/mol. The summed E-state index contributed by atoms with van der Waals surface area (Å²) in [4.78, 5) is 12.5. The van der Waals surface area contributed by atoms with Crippen LogP contribution in [0.25, 0.3) is 0 Å². The topological polar surface area (TPSA) is 50.4 Å². The molecule has 2 amide bonds. The lowest BCUT2D eigenvalue weighted by Gasteiger charge is -2.22. The third-order valence-corrected chi connectivity index (χ3v) is 4.25. The van der Waals surface area contributed by atoms with E-state index in [1.54, 1.807) is 31.2 Å². The van der Waals surface area contributed by atoms with Crippen LogP contribution in [0, 0.1) is 0 Å². The van der Waals surface area contributed by atoms with Crippen LogP contribution in [0.15, 0.2) is 84.9 Å². The van der Waals surface area contributed by atoms with Crippen LogP contribution in [0.2, 0.25) is 5.02 Å². The van der Waals surface area contributed by atoms with Crippen molar-refractivity contribution in [3.63, 3.8) is 0 Å². The second kappa shape index (κ2) is 9.10. The predicted molar refractivity (Wildman–Crippen MR) is 108 cm³/mol. The number of nitrogens with one attached hydrogen (secondary N) is 2. The standard InChI is InChI=1S/C22H21ClN2O2/c1-16(27-20-14-12-19(23)13-15-20)24-22(26)25-21(17-8-4-2-5-9-17)18-10-6-3-7-11-18/h2-16,21H,1H3,(H2,24,25,26). The minimum Gasteiger partial charge on any atom is -0.471 e. The average Bonchev–Trinajstić information content (AvgIpc) is 2.69. The highest BCUT2D eigenvalue weighted by Crippen LogP contribution is 2.21. The second-order valence-electron chi connectivity index (χ2n) is 6.09. The second-order valence-corrected chi connectivity index (χ2v) is 6.52. The van der Waals surface area contributed by atoms with E-state index < -0.39 is 6.23 Å². The van der Waals surface area contributed by atoms with E-state index >= 15 is 0 Å². The first-order chi connectivity index (χ1) is 13.1. The molecule has 0 aliphatic heterocycles. The van der Waals surface area contributed by atoms with Gasteiger partial charge in [0.2, 0.25) is 0 Å². The van der Waals surface area contributed by atoms with Crippen LogP contribution < -0.4 is 15.4 Å². The van der Waals surface area contributed by atoms with Gasteiger partial charge in [-0.1, -0.05) is 72.3 Å². The minimum absolute atomic E-state index is 0.255. The Morgan fingerprint density at radius 3 is 1.85 bits per heavy atom. The summed E-state index contributed by atoms with van der Waals surface area (Å²) in [6.45, 7) is 1.77. The fourth-order valence-electron chi connectivity index (χ4n) is 2.75. The number of carbonyl (C=O) groups excluding carboxylic acids is 1. The van der Waals surface area contributed by atoms with Crippen LogP contribution in [0.1, 0.15) is 24.1 Å². The molecule has 3 rings (SSSR count). The Balaban J connectivity index is 1.66. The number of hydrogen-bond donors (Lipinski definition) is 2. The third-order valence-electron chi connectivity index (χ3n) is 4.00. The molecular weight excluding hydrogens is 360 g/mol. The van der Waals surface area contributed by atoms with Crippen molar-refractivity contribution in [2.45, 2.75) is 19.2 Å². The lowest BCUT2D eigenvalue weighted by molar-refractivity contribution is 0.176. The molecule has 5 heteroatoms. The molecule has 0 saturated carbocycles. The van der Waals surface area contributed by atoms with Crippen molar-refractivity contribution in [3.8, 4) is 5.75 Å². The Kier molecular flexibility index (Phi) is 6.34. The highest BCUT2D eigenvalue weighted by molar-refractivity contribution is 6.30. The molecule has 0 aliphatic carbocycles. The van der Waals surface area contributed by atoms with Gasteiger partial charge in [-0.2, -0.15) is 0 Å². The molecule has 27 heavy (non-hydrogen) atoms. The van der Waals surface area contributed by atoms with Gasteiger partial charge in [-0.05, 0) is 42.3 Å². The van der Waals surface area contributed by atoms with Crippen LogP contribution in [0.5, 0.6) is 5.75 Å². The van der Waals surface area contributed by atoms with Gasteiger partial charge in [0.15, 0.2) is 6.23 Å². The molecule has 138 valence electrons. The molecule has 3 aromatic rings. The Labute approximate surface area is 164 Å². The summed E-state index contributed by atoms with van der Waals surface area (Å²) in [5.74, 6) is 0.634. The zero-order valence-electron chi connectivity index (χ0n) is 14.9. The molecule has 0 bridgehead atoms. The molecule has 0 spiro atoms. The number of benzene rings is 3. The van der Waals surface area contributed by atoms with Gasteiger partial charge in [0.25, 0.3) is 0 Å². The smallest absolute Gasteiger partial charge is 0.318 e. The maximum Gasteiger partial charge on any atom is 0.318 e. The van der Waals surface area contributed by atoms with Crippen LogP contribution in [0.4, 0.5) is 4.79 Å². The summed E-state index contributed by atoms with van der Waals surface area (Å²) >= 11 is 5.87. The fourth-order valence-corrected chi connectivity index (χ4v) is 2.88. The van der Waals surface area contributed by atoms with E-state index in [4.69, 9.17) is 16.3 Å². The van der Waals surface area contributed by atoms with E-state index in [1.165, 1.54) is 0 Å². The predicted octanol–water partition coefficient (Wildman–Crippen LogP) is 5.15. The molecule has 0 fully saturated rings. The molecule has 0 saturated heterocycles. The number of rotatable bonds is 6. The summed E-state index contributed by atoms with van der Waals surface area (Å²) in [7, 11) is 0. The van der Waals surface area contributed by atoms with Gasteiger partial charge in [-0.3, -0.25) is 0 Å². The molecule has 0 aliphatic rings. The van der Waals surface area contributed by atoms with Gasteiger partial charge in [0.1, 0.15) is 5.75 Å². The highest BCUT2D eigenvalue weighted by atomic mass is 35.5. The SMILES string of the molecule is CC(NC(=O)NC(c1ccccc1)c1ccccc1)Oc1ccc(Cl)cc1. The maximum atomic E-state index is 12.5. The van der Waals surface area contributed by atoms with Gasteiger partial charge in [-0.15, -0.1) is 0 Å². The van der Waals surface area contributed by atoms with Crippen molar-refractivity contribution >= 4 is 17.6 Å². The van der Waals surface area contributed by atoms with E-state index in [0.29, 0.717) is 10.8 Å². The van der Waals surface area contributed by atoms with Crippen molar-refractivity contribution in [2.75, 3.05) is 0 Å². The van der Waals surface area contributed by atoms with E-state index in [9.17, 15) is 4.79 Å². The maximum absolute atomic E-state index is 12.5. The minimum atomic E-state index is -0.502. The van der Waals surface area contributed by atoms with Gasteiger partial charge in [0, 0.05) is 5.02 Å². The molecular formula is C22H21ClN2O2. The molecule has 4 nitrogen and oxygen atoms in total. The van der Waals surface area contributed by atoms with Crippen LogP contribution in [0.3, 0.4) is 0 Å². The Morgan fingerprint density at radius 1 is 0.815 bits per heavy atom. The number of hydrogen-bond acceptors (Lipinski definition) is 2. The summed E-state index contributed by atoms with van der Waals surface area (Å²) in [6.07, 6.45) is -0.502. The highest BCUT2D eigenvalue weighted by Gasteiger charge is 2.18. The number of ether oxygens (including phenoxy) is 1. The Hall–Kier alpha value is -2.98. The summed E-state index contributed by atoms with van der Waals surface area (Å²) in [5, 5.41) is 6.47. The van der Waals surface area contributed by atoms with Crippen molar-refractivity contribution in [1.29, 1.82) is 0 Å². The number of amides is 2. The Morgan fingerprint density at radius 2 is 1.33 bits per heavy atom. The molecule has 3 aromatic carbocycles. The number of urea groups is 1. The number of carbonyl (C=O) groups is 1. The summed E-state index contributed by atoms with van der Waals surface area (Å²) in [6, 6.07) is 26.1. The molecule has 0 heterocycles. The quantitative estimate of drug-likeness (QED) is 0.581. The van der Waals surface area contributed by atoms with Gasteiger partial charge in [0.05, 0.1) is 6.04 Å². The van der Waals surface area contributed by atoms with E-state index in [2.05, 4.69) is 10.6 Å². The molecule has 1 atom stereocenters. The zero-order chi connectivity index (χ0) is 19.1. The van der Waals surface area contributed by atoms with Gasteiger partial charge in [-0.25, -0.2) is 4.79 Å². The lowest BCUT2D eigenvalue weighted by Crippen LogP contribution is -2.44. The normalized spacial score (nSPS) is 11.7. The summed E-state index contributed by atoms with van der Waals surface area (Å²) in [5.41, 5.74) is 2.01. The molecule has 0 radical (unpaired) electrons. The molecule has 0 aromatic heterocycles. The van der Waals surface area contributed by atoms with E-state index in [1.807, 2.05) is 60.7 Å². The monoisotopic (exact) mass is 380 g/mol. The van der Waals surface area contributed by atoms with Crippen LogP contribution >= 0.6 is 11.6 Å². The number of halogens is 1. The largest absolute Gasteiger partial charge is 0.471 e. The zero-order valence-corrected chi connectivity index (χ0v) is 15.7. The van der Waals surface area contributed by atoms with Crippen molar-refractivity contribution in [3.05, 3.63) is 101 Å². The third kappa shape index (κ3) is 5.50. The fraction of sp³-hybridized carbons (Fsp3) is 0.136. The van der Waals surface area contributed by atoms with Crippen molar-refractivity contribution in [2.24, 2.45) is 0 Å². The van der Waals surface area contributed by atoms with Crippen molar-refractivity contribution < 1.29 is 9.53 Å². The van der Waals surface area contributed by atoms with E-state index in [-0.39, 0.29) is 12.1 Å². The first-order valence-corrected chi connectivity index (χ1v) is 9.09. The van der Waals surface area contributed by atoms with Gasteiger partial charge < -0.3 is 15.4 Å².